The van der Waals surface area contributed by atoms with E-state index in [9.17, 15) is 14.4 Å². The zero-order chi connectivity index (χ0) is 18.5. The number of nitrogens with zero attached hydrogens (tertiary/aromatic N) is 3. The Morgan fingerprint density at radius 2 is 1.81 bits per heavy atom. The Balaban J connectivity index is 0.00000261. The van der Waals surface area contributed by atoms with Gasteiger partial charge in [0.2, 0.25) is 17.7 Å². The van der Waals surface area contributed by atoms with Gasteiger partial charge in [-0.3, -0.25) is 14.4 Å². The molecule has 0 unspecified atom stereocenters. The van der Waals surface area contributed by atoms with Gasteiger partial charge in [0.25, 0.3) is 0 Å². The maximum atomic E-state index is 12.7. The first kappa shape index (κ1) is 21.2. The van der Waals surface area contributed by atoms with E-state index in [4.69, 9.17) is 0 Å². The van der Waals surface area contributed by atoms with Gasteiger partial charge in [0.15, 0.2) is 0 Å². The van der Waals surface area contributed by atoms with Crippen molar-refractivity contribution in [2.45, 2.75) is 19.4 Å². The Kier molecular flexibility index (Phi) is 7.62. The molecule has 148 valence electrons. The third-order valence-electron chi connectivity index (χ3n) is 5.07. The summed E-state index contributed by atoms with van der Waals surface area (Å²) in [6, 6.07) is 9.30. The second-order valence-electron chi connectivity index (χ2n) is 6.82. The highest BCUT2D eigenvalue weighted by Crippen LogP contribution is 2.14. The third kappa shape index (κ3) is 5.20. The Bertz CT molecular complexity index is 664. The fourth-order valence-electron chi connectivity index (χ4n) is 3.43. The molecule has 1 N–H and O–H groups in total. The molecule has 7 nitrogen and oxygen atoms in total. The van der Waals surface area contributed by atoms with Gasteiger partial charge in [-0.1, -0.05) is 30.3 Å². The van der Waals surface area contributed by atoms with Gasteiger partial charge in [0.05, 0.1) is 6.54 Å². The van der Waals surface area contributed by atoms with Crippen LogP contribution in [0.1, 0.15) is 12.5 Å². The Morgan fingerprint density at radius 1 is 1.15 bits per heavy atom. The predicted octanol–water partition coefficient (Wildman–Crippen LogP) is 0.142. The smallest absolute Gasteiger partial charge is 0.245 e. The lowest BCUT2D eigenvalue weighted by molar-refractivity contribution is -0.157. The number of hydrogen-bond acceptors (Lipinski definition) is 4. The molecule has 1 atom stereocenters. The molecule has 0 saturated carbocycles. The van der Waals surface area contributed by atoms with E-state index in [2.05, 4.69) is 5.32 Å². The van der Waals surface area contributed by atoms with Crippen LogP contribution in [-0.2, 0) is 20.8 Å². The molecule has 2 aliphatic rings. The summed E-state index contributed by atoms with van der Waals surface area (Å²) in [5.74, 6) is -0.334. The molecule has 2 fully saturated rings. The van der Waals surface area contributed by atoms with Crippen molar-refractivity contribution in [2.75, 3.05) is 45.8 Å². The first-order chi connectivity index (χ1) is 12.6. The Hall–Kier alpha value is -2.12. The van der Waals surface area contributed by atoms with E-state index in [0.29, 0.717) is 26.1 Å². The first-order valence-electron chi connectivity index (χ1n) is 9.17. The van der Waals surface area contributed by atoms with Gasteiger partial charge < -0.3 is 20.0 Å². The summed E-state index contributed by atoms with van der Waals surface area (Å²) in [5.41, 5.74) is 1.14. The van der Waals surface area contributed by atoms with Gasteiger partial charge in [-0.15, -0.1) is 12.4 Å². The molecule has 0 radical (unpaired) electrons. The number of carbonyl (C=O) groups excluding carboxylic acids is 3. The van der Waals surface area contributed by atoms with E-state index in [1.807, 2.05) is 30.3 Å². The molecule has 3 amide bonds. The van der Waals surface area contributed by atoms with Crippen molar-refractivity contribution < 1.29 is 14.4 Å². The second-order valence-corrected chi connectivity index (χ2v) is 6.82. The van der Waals surface area contributed by atoms with Crippen LogP contribution in [0.3, 0.4) is 0 Å². The molecule has 8 heteroatoms. The Labute approximate surface area is 166 Å². The van der Waals surface area contributed by atoms with Gasteiger partial charge in [-0.25, -0.2) is 0 Å². The average molecular weight is 395 g/mol. The van der Waals surface area contributed by atoms with Crippen LogP contribution >= 0.6 is 12.4 Å². The second kappa shape index (κ2) is 9.71. The molecule has 2 saturated heterocycles. The minimum atomic E-state index is -0.598. The summed E-state index contributed by atoms with van der Waals surface area (Å²) in [7, 11) is 0. The highest BCUT2D eigenvalue weighted by Gasteiger charge is 2.37. The van der Waals surface area contributed by atoms with Gasteiger partial charge in [0.1, 0.15) is 12.6 Å². The summed E-state index contributed by atoms with van der Waals surface area (Å²) in [6.45, 7) is 5.07. The lowest BCUT2D eigenvalue weighted by atomic mass is 10.1. The quantitative estimate of drug-likeness (QED) is 0.771. The topological polar surface area (TPSA) is 73.0 Å². The molecule has 0 spiro atoms. The third-order valence-corrected chi connectivity index (χ3v) is 5.07. The molecule has 0 aliphatic carbocycles. The monoisotopic (exact) mass is 394 g/mol. The number of benzene rings is 1. The minimum absolute atomic E-state index is 0. The molecule has 27 heavy (non-hydrogen) atoms. The van der Waals surface area contributed by atoms with E-state index in [0.717, 1.165) is 18.7 Å². The van der Waals surface area contributed by atoms with Gasteiger partial charge in [-0.05, 0) is 18.9 Å². The lowest BCUT2D eigenvalue weighted by Crippen LogP contribution is -2.61. The number of hydrogen-bond donors (Lipinski definition) is 1. The number of nitrogens with one attached hydrogen (secondary N) is 1. The maximum absolute atomic E-state index is 12.7. The molecule has 2 heterocycles. The van der Waals surface area contributed by atoms with Crippen LogP contribution in [0.5, 0.6) is 0 Å². The summed E-state index contributed by atoms with van der Waals surface area (Å²) >= 11 is 0. The van der Waals surface area contributed by atoms with Crippen LogP contribution in [0.25, 0.3) is 0 Å². The fraction of sp³-hybridized carbons (Fsp3) is 0.526. The molecule has 3 rings (SSSR count). The highest BCUT2D eigenvalue weighted by molar-refractivity contribution is 5.96. The van der Waals surface area contributed by atoms with Crippen LogP contribution in [-0.4, -0.2) is 84.3 Å². The van der Waals surface area contributed by atoms with Crippen molar-refractivity contribution in [1.82, 2.24) is 20.0 Å². The fourth-order valence-corrected chi connectivity index (χ4v) is 3.43. The van der Waals surface area contributed by atoms with Crippen molar-refractivity contribution in [3.63, 3.8) is 0 Å². The number of piperazine rings is 2. The van der Waals surface area contributed by atoms with Crippen LogP contribution in [0.15, 0.2) is 30.3 Å². The van der Waals surface area contributed by atoms with Crippen LogP contribution in [0, 0.1) is 0 Å². The maximum Gasteiger partial charge on any atom is 0.245 e. The predicted molar refractivity (Wildman–Crippen MR) is 105 cm³/mol. The number of halogens is 1. The van der Waals surface area contributed by atoms with Crippen molar-refractivity contribution >= 4 is 30.1 Å². The zero-order valence-corrected chi connectivity index (χ0v) is 16.4. The molecular weight excluding hydrogens is 368 g/mol. The van der Waals surface area contributed by atoms with E-state index in [-0.39, 0.29) is 43.2 Å². The number of amides is 3. The van der Waals surface area contributed by atoms with E-state index < -0.39 is 6.04 Å². The lowest BCUT2D eigenvalue weighted by Gasteiger charge is -2.39. The van der Waals surface area contributed by atoms with Crippen LogP contribution < -0.4 is 5.32 Å². The Morgan fingerprint density at radius 3 is 2.48 bits per heavy atom. The van der Waals surface area contributed by atoms with E-state index in [1.165, 1.54) is 4.90 Å². The standard InChI is InChI=1S/C19H26N4O3.ClH/c1-15-19(26)22(10-7-16-5-3-2-4-6-16)13-18(25)23(15)14-17(24)21-11-8-20-9-12-21;/h2-6,15,20H,7-14H2,1H3;1H/t15-;/m1./s1. The largest absolute Gasteiger partial charge is 0.339 e. The summed E-state index contributed by atoms with van der Waals surface area (Å²) in [5, 5.41) is 3.20. The minimum Gasteiger partial charge on any atom is -0.339 e. The number of rotatable bonds is 5. The SMILES string of the molecule is C[C@@H]1C(=O)N(CCc2ccccc2)CC(=O)N1CC(=O)N1CCNCC1.Cl. The van der Waals surface area contributed by atoms with Crippen LogP contribution in [0.2, 0.25) is 0 Å². The highest BCUT2D eigenvalue weighted by atomic mass is 35.5. The van der Waals surface area contributed by atoms with Crippen molar-refractivity contribution in [1.29, 1.82) is 0 Å². The molecule has 0 aromatic heterocycles. The number of carbonyl (C=O) groups is 3. The molecular formula is C19H27ClN4O3. The molecule has 0 bridgehead atoms. The molecule has 2 aliphatic heterocycles. The summed E-state index contributed by atoms with van der Waals surface area (Å²) < 4.78 is 0. The van der Waals surface area contributed by atoms with Gasteiger partial charge in [0, 0.05) is 32.7 Å². The van der Waals surface area contributed by atoms with Crippen LogP contribution in [0.4, 0.5) is 0 Å². The molecule has 1 aromatic rings. The van der Waals surface area contributed by atoms with Crippen molar-refractivity contribution in [3.8, 4) is 0 Å². The first-order valence-corrected chi connectivity index (χ1v) is 9.17. The average Bonchev–Trinajstić information content (AvgIpc) is 2.68. The summed E-state index contributed by atoms with van der Waals surface area (Å²) in [4.78, 5) is 42.4. The van der Waals surface area contributed by atoms with Crippen molar-refractivity contribution in [2.24, 2.45) is 0 Å². The molecule has 1 aromatic carbocycles. The van der Waals surface area contributed by atoms with Gasteiger partial charge in [-0.2, -0.15) is 0 Å². The normalized spacial score (nSPS) is 20.5. The van der Waals surface area contributed by atoms with E-state index in [1.54, 1.807) is 16.7 Å². The van der Waals surface area contributed by atoms with E-state index >= 15 is 0 Å². The van der Waals surface area contributed by atoms with Gasteiger partial charge >= 0.3 is 0 Å². The zero-order valence-electron chi connectivity index (χ0n) is 15.6. The van der Waals surface area contributed by atoms with Crippen molar-refractivity contribution in [3.05, 3.63) is 35.9 Å². The summed E-state index contributed by atoms with van der Waals surface area (Å²) in [6.07, 6.45) is 0.715.